The van der Waals surface area contributed by atoms with Crippen LogP contribution in [0.4, 0.5) is 13.2 Å². The first-order chi connectivity index (χ1) is 17.2. The van der Waals surface area contributed by atoms with Crippen molar-refractivity contribution in [3.8, 4) is 0 Å². The number of nitrogens with one attached hydrogen (secondary N) is 1. The highest BCUT2D eigenvalue weighted by Crippen LogP contribution is 2.32. The molecule has 3 atom stereocenters. The molecule has 6 nitrogen and oxygen atoms in total. The number of benzene rings is 2. The summed E-state index contributed by atoms with van der Waals surface area (Å²) in [6, 6.07) is 10.4. The first kappa shape index (κ1) is 25.9. The minimum atomic E-state index is -1.97. The summed E-state index contributed by atoms with van der Waals surface area (Å²) >= 11 is 1.32. The van der Waals surface area contributed by atoms with E-state index in [0.717, 1.165) is 16.5 Å². The molecule has 1 saturated heterocycles. The molecule has 1 aromatic heterocycles. The Kier molecular flexibility index (Phi) is 8.07. The molecule has 3 N–H and O–H groups in total. The van der Waals surface area contributed by atoms with Gasteiger partial charge in [0.2, 0.25) is 0 Å². The van der Waals surface area contributed by atoms with E-state index < -0.39 is 41.5 Å². The maximum atomic E-state index is 13.4. The standard InChI is InChI=1S/C26H25F3N2O4S/c27-18-5-3-17(4-6-18)22-2-1-7-31(22)26(35)24(33)23(32)25(34)30-13-21-11-16(14-36-21)8-15-9-19(28)12-20(29)10-15/h3-6,9-12,14,22-24,32-33H,1-2,7-8,13H2,(H,30,34)/t22?,23-,24-/m1/s1. The molecule has 1 unspecified atom stereocenters. The Morgan fingerprint density at radius 2 is 1.67 bits per heavy atom. The van der Waals surface area contributed by atoms with Crippen LogP contribution in [0.5, 0.6) is 0 Å². The predicted molar refractivity (Wildman–Crippen MR) is 127 cm³/mol. The van der Waals surface area contributed by atoms with Crippen molar-refractivity contribution in [3.05, 3.63) is 92.9 Å². The summed E-state index contributed by atoms with van der Waals surface area (Å²) in [4.78, 5) is 27.4. The number of halogens is 3. The fourth-order valence-electron chi connectivity index (χ4n) is 4.35. The molecule has 36 heavy (non-hydrogen) atoms. The Hall–Kier alpha value is -3.21. The molecule has 10 heteroatoms. The van der Waals surface area contributed by atoms with Crippen molar-refractivity contribution in [1.82, 2.24) is 10.2 Å². The maximum Gasteiger partial charge on any atom is 0.255 e. The van der Waals surface area contributed by atoms with Crippen molar-refractivity contribution in [2.45, 2.75) is 44.1 Å². The van der Waals surface area contributed by atoms with E-state index in [1.54, 1.807) is 23.6 Å². The van der Waals surface area contributed by atoms with Crippen LogP contribution in [0.3, 0.4) is 0 Å². The van der Waals surface area contributed by atoms with E-state index in [-0.39, 0.29) is 12.6 Å². The number of carbonyl (C=O) groups is 2. The van der Waals surface area contributed by atoms with Gasteiger partial charge in [-0.15, -0.1) is 11.3 Å². The third kappa shape index (κ3) is 6.13. The highest BCUT2D eigenvalue weighted by molar-refractivity contribution is 7.10. The van der Waals surface area contributed by atoms with Crippen LogP contribution in [-0.4, -0.2) is 45.7 Å². The predicted octanol–water partition coefficient (Wildman–Crippen LogP) is 3.46. The third-order valence-corrected chi connectivity index (χ3v) is 7.07. The number of rotatable bonds is 8. The number of aliphatic hydroxyl groups is 2. The number of likely N-dealkylation sites (tertiary alicyclic amines) is 1. The van der Waals surface area contributed by atoms with Crippen molar-refractivity contribution in [1.29, 1.82) is 0 Å². The molecular formula is C26H25F3N2O4S. The average Bonchev–Trinajstić information content (AvgIpc) is 3.51. The van der Waals surface area contributed by atoms with E-state index >= 15 is 0 Å². The summed E-state index contributed by atoms with van der Waals surface area (Å²) in [7, 11) is 0. The molecule has 4 rings (SSSR count). The monoisotopic (exact) mass is 518 g/mol. The van der Waals surface area contributed by atoms with Crippen LogP contribution in [-0.2, 0) is 22.6 Å². The molecular weight excluding hydrogens is 493 g/mol. The van der Waals surface area contributed by atoms with Crippen molar-refractivity contribution >= 4 is 23.2 Å². The van der Waals surface area contributed by atoms with Crippen LogP contribution in [0.25, 0.3) is 0 Å². The zero-order valence-corrected chi connectivity index (χ0v) is 20.0. The molecule has 3 aromatic rings. The van der Waals surface area contributed by atoms with Crippen LogP contribution in [0.15, 0.2) is 53.9 Å². The normalized spacial score (nSPS) is 17.1. The van der Waals surface area contributed by atoms with Crippen molar-refractivity contribution in [2.24, 2.45) is 0 Å². The Morgan fingerprint density at radius 3 is 2.36 bits per heavy atom. The minimum Gasteiger partial charge on any atom is -0.380 e. The molecule has 0 bridgehead atoms. The van der Waals surface area contributed by atoms with Gasteiger partial charge in [0.25, 0.3) is 11.8 Å². The molecule has 190 valence electrons. The summed E-state index contributed by atoms with van der Waals surface area (Å²) in [5.74, 6) is -3.40. The van der Waals surface area contributed by atoms with Gasteiger partial charge in [-0.3, -0.25) is 9.59 Å². The first-order valence-electron chi connectivity index (χ1n) is 11.4. The highest BCUT2D eigenvalue weighted by atomic mass is 32.1. The van der Waals surface area contributed by atoms with Crippen molar-refractivity contribution < 1.29 is 33.0 Å². The molecule has 1 fully saturated rings. The van der Waals surface area contributed by atoms with Gasteiger partial charge in [0, 0.05) is 17.5 Å². The average molecular weight is 519 g/mol. The lowest BCUT2D eigenvalue weighted by Gasteiger charge is -2.28. The number of aliphatic hydroxyl groups excluding tert-OH is 2. The number of carbonyl (C=O) groups excluding carboxylic acids is 2. The van der Waals surface area contributed by atoms with Gasteiger partial charge in [-0.2, -0.15) is 0 Å². The summed E-state index contributed by atoms with van der Waals surface area (Å²) in [6.45, 7) is 0.389. The minimum absolute atomic E-state index is 0.0426. The third-order valence-electron chi connectivity index (χ3n) is 6.09. The van der Waals surface area contributed by atoms with E-state index in [4.69, 9.17) is 0 Å². The molecule has 0 aliphatic carbocycles. The second-order valence-corrected chi connectivity index (χ2v) is 9.72. The molecule has 1 aliphatic rings. The SMILES string of the molecule is O=C(NCc1cc(Cc2cc(F)cc(F)c2)cs1)[C@H](O)[C@@H](O)C(=O)N1CCCC1c1ccc(F)cc1. The zero-order valence-electron chi connectivity index (χ0n) is 19.2. The Balaban J connectivity index is 1.32. The van der Waals surface area contributed by atoms with Gasteiger partial charge in [-0.25, -0.2) is 13.2 Å². The highest BCUT2D eigenvalue weighted by Gasteiger charge is 2.38. The first-order valence-corrected chi connectivity index (χ1v) is 12.3. The van der Waals surface area contributed by atoms with Crippen molar-refractivity contribution in [3.63, 3.8) is 0 Å². The number of hydrogen-bond acceptors (Lipinski definition) is 5. The Morgan fingerprint density at radius 1 is 0.972 bits per heavy atom. The largest absolute Gasteiger partial charge is 0.380 e. The molecule has 0 spiro atoms. The fraction of sp³-hybridized carbons (Fsp3) is 0.308. The topological polar surface area (TPSA) is 89.9 Å². The summed E-state index contributed by atoms with van der Waals surface area (Å²) in [6.07, 6.45) is -2.32. The lowest BCUT2D eigenvalue weighted by Crippen LogP contribution is -2.50. The van der Waals surface area contributed by atoms with Crippen LogP contribution >= 0.6 is 11.3 Å². The van der Waals surface area contributed by atoms with Gasteiger partial charge in [-0.1, -0.05) is 12.1 Å². The van der Waals surface area contributed by atoms with Gasteiger partial charge in [0.15, 0.2) is 12.2 Å². The van der Waals surface area contributed by atoms with E-state index in [1.807, 2.05) is 0 Å². The second kappa shape index (κ2) is 11.2. The summed E-state index contributed by atoms with van der Waals surface area (Å²) < 4.78 is 40.0. The molecule has 2 heterocycles. The molecule has 2 aromatic carbocycles. The molecule has 0 radical (unpaired) electrons. The molecule has 1 aliphatic heterocycles. The van der Waals surface area contributed by atoms with E-state index in [9.17, 15) is 33.0 Å². The van der Waals surface area contributed by atoms with Crippen molar-refractivity contribution in [2.75, 3.05) is 6.54 Å². The van der Waals surface area contributed by atoms with Crippen LogP contribution in [0, 0.1) is 17.5 Å². The number of nitrogens with zero attached hydrogens (tertiary/aromatic N) is 1. The second-order valence-electron chi connectivity index (χ2n) is 8.72. The Labute approximate surface area is 210 Å². The molecule has 0 saturated carbocycles. The Bertz CT molecular complexity index is 1210. The number of hydrogen-bond donors (Lipinski definition) is 3. The maximum absolute atomic E-state index is 13.4. The van der Waals surface area contributed by atoms with Gasteiger partial charge >= 0.3 is 0 Å². The summed E-state index contributed by atoms with van der Waals surface area (Å²) in [5, 5.41) is 25.0. The lowest BCUT2D eigenvalue weighted by atomic mass is 10.0. The lowest BCUT2D eigenvalue weighted by molar-refractivity contribution is -0.153. The van der Waals surface area contributed by atoms with Crippen LogP contribution in [0.2, 0.25) is 0 Å². The number of amides is 2. The van der Waals surface area contributed by atoms with Gasteiger partial charge < -0.3 is 20.4 Å². The molecule has 2 amide bonds. The van der Waals surface area contributed by atoms with E-state index in [2.05, 4.69) is 5.32 Å². The number of thiophene rings is 1. The zero-order chi connectivity index (χ0) is 25.8. The van der Waals surface area contributed by atoms with Gasteiger partial charge in [-0.05, 0) is 71.7 Å². The van der Waals surface area contributed by atoms with Crippen LogP contribution in [0.1, 0.15) is 40.5 Å². The quantitative estimate of drug-likeness (QED) is 0.426. The fourth-order valence-corrected chi connectivity index (χ4v) is 5.18. The summed E-state index contributed by atoms with van der Waals surface area (Å²) in [5.41, 5.74) is 1.98. The smallest absolute Gasteiger partial charge is 0.255 e. The van der Waals surface area contributed by atoms with E-state index in [1.165, 1.54) is 40.5 Å². The van der Waals surface area contributed by atoms with Crippen LogP contribution < -0.4 is 5.32 Å². The van der Waals surface area contributed by atoms with Gasteiger partial charge in [0.05, 0.1) is 12.6 Å². The van der Waals surface area contributed by atoms with Gasteiger partial charge in [0.1, 0.15) is 17.5 Å². The van der Waals surface area contributed by atoms with E-state index in [0.29, 0.717) is 36.9 Å².